The van der Waals surface area contributed by atoms with Gasteiger partial charge in [0.2, 0.25) is 0 Å². The molecule has 2 heteroatoms. The average molecular weight is 273 g/mol. The van der Waals surface area contributed by atoms with E-state index in [1.165, 1.54) is 11.1 Å². The molecule has 0 spiro atoms. The average Bonchev–Trinajstić information content (AvgIpc) is 2.36. The number of Topliss-reactive ketones (excluding diaryl/α,β-unsaturated/α-hetero) is 1. The minimum absolute atomic E-state index is 0.114. The molecule has 0 saturated heterocycles. The summed E-state index contributed by atoms with van der Waals surface area (Å²) in [7, 11) is 0. The summed E-state index contributed by atoms with van der Waals surface area (Å²) in [5.41, 5.74) is 5.19. The van der Waals surface area contributed by atoms with Crippen molar-refractivity contribution in [1.29, 1.82) is 0 Å². The van der Waals surface area contributed by atoms with Crippen LogP contribution in [0.25, 0.3) is 0 Å². The Morgan fingerprint density at radius 2 is 1.63 bits per heavy atom. The number of carbonyl (C=O) groups is 1. The topological polar surface area (TPSA) is 17.1 Å². The summed E-state index contributed by atoms with van der Waals surface area (Å²) < 4.78 is 0. The number of carbonyl (C=O) groups excluding carboxylic acids is 1. The number of aryl methyl sites for hydroxylation is 3. The standard InChI is InChI=1S/C17H17ClO/c1-11-4-6-14(8-13(11)3)9-17(19)16-10-15(18)7-5-12(16)2/h4-8,10H,9H2,1-3H3. The van der Waals surface area contributed by atoms with Gasteiger partial charge in [0.05, 0.1) is 0 Å². The third-order valence-electron chi connectivity index (χ3n) is 3.44. The Labute approximate surface area is 119 Å². The maximum absolute atomic E-state index is 12.3. The van der Waals surface area contributed by atoms with Crippen molar-refractivity contribution >= 4 is 17.4 Å². The molecule has 0 heterocycles. The molecule has 1 nitrogen and oxygen atoms in total. The molecule has 19 heavy (non-hydrogen) atoms. The molecule has 0 aromatic heterocycles. The maximum atomic E-state index is 12.3. The van der Waals surface area contributed by atoms with Crippen LogP contribution in [0, 0.1) is 20.8 Å². The van der Waals surface area contributed by atoms with Crippen molar-refractivity contribution in [3.63, 3.8) is 0 Å². The van der Waals surface area contributed by atoms with Crippen LogP contribution in [0.5, 0.6) is 0 Å². The van der Waals surface area contributed by atoms with Crippen molar-refractivity contribution in [3.05, 3.63) is 69.2 Å². The van der Waals surface area contributed by atoms with Crippen LogP contribution in [-0.2, 0) is 6.42 Å². The van der Waals surface area contributed by atoms with E-state index in [2.05, 4.69) is 26.0 Å². The van der Waals surface area contributed by atoms with Gasteiger partial charge < -0.3 is 0 Å². The second-order valence-electron chi connectivity index (χ2n) is 4.98. The van der Waals surface area contributed by atoms with Crippen LogP contribution in [0.1, 0.15) is 32.6 Å². The Hall–Kier alpha value is -1.60. The van der Waals surface area contributed by atoms with Crippen molar-refractivity contribution in [2.24, 2.45) is 0 Å². The molecule has 0 aliphatic heterocycles. The molecule has 2 aromatic rings. The van der Waals surface area contributed by atoms with Crippen LogP contribution in [0.3, 0.4) is 0 Å². The van der Waals surface area contributed by atoms with Gasteiger partial charge in [-0.1, -0.05) is 35.9 Å². The van der Waals surface area contributed by atoms with Crippen LogP contribution < -0.4 is 0 Å². The van der Waals surface area contributed by atoms with Crippen LogP contribution >= 0.6 is 11.6 Å². The molecule has 0 aliphatic rings. The maximum Gasteiger partial charge on any atom is 0.167 e. The lowest BCUT2D eigenvalue weighted by Gasteiger charge is -2.07. The first-order chi connectivity index (χ1) is 8.97. The molecule has 0 unspecified atom stereocenters. The fourth-order valence-electron chi connectivity index (χ4n) is 2.09. The molecule has 0 amide bonds. The molecule has 0 saturated carbocycles. The minimum atomic E-state index is 0.114. The smallest absolute Gasteiger partial charge is 0.167 e. The lowest BCUT2D eigenvalue weighted by molar-refractivity contribution is 0.0992. The van der Waals surface area contributed by atoms with E-state index in [0.717, 1.165) is 11.1 Å². The summed E-state index contributed by atoms with van der Waals surface area (Å²) in [6.45, 7) is 6.07. The van der Waals surface area contributed by atoms with Gasteiger partial charge in [-0.2, -0.15) is 0 Å². The second-order valence-corrected chi connectivity index (χ2v) is 5.41. The third kappa shape index (κ3) is 3.24. The number of ketones is 1. The first-order valence-corrected chi connectivity index (χ1v) is 6.70. The predicted octanol–water partition coefficient (Wildman–Crippen LogP) is 4.69. The van der Waals surface area contributed by atoms with Gasteiger partial charge in [-0.15, -0.1) is 0 Å². The second kappa shape index (κ2) is 5.58. The zero-order chi connectivity index (χ0) is 14.0. The minimum Gasteiger partial charge on any atom is -0.294 e. The van der Waals surface area contributed by atoms with E-state index in [4.69, 9.17) is 11.6 Å². The van der Waals surface area contributed by atoms with Crippen LogP contribution in [0.4, 0.5) is 0 Å². The van der Waals surface area contributed by atoms with E-state index in [1.807, 2.05) is 25.1 Å². The van der Waals surface area contributed by atoms with Crippen molar-refractivity contribution in [2.45, 2.75) is 27.2 Å². The van der Waals surface area contributed by atoms with Gasteiger partial charge in [-0.05, 0) is 55.2 Å². The molecule has 0 radical (unpaired) electrons. The van der Waals surface area contributed by atoms with Crippen LogP contribution in [-0.4, -0.2) is 5.78 Å². The lowest BCUT2D eigenvalue weighted by atomic mass is 9.97. The summed E-state index contributed by atoms with van der Waals surface area (Å²) in [6.07, 6.45) is 0.419. The van der Waals surface area contributed by atoms with E-state index in [-0.39, 0.29) is 5.78 Å². The molecule has 0 aliphatic carbocycles. The third-order valence-corrected chi connectivity index (χ3v) is 3.67. The van der Waals surface area contributed by atoms with Gasteiger partial charge >= 0.3 is 0 Å². The van der Waals surface area contributed by atoms with Gasteiger partial charge in [-0.25, -0.2) is 0 Å². The molecule has 0 bridgehead atoms. The Kier molecular flexibility index (Phi) is 4.06. The zero-order valence-corrected chi connectivity index (χ0v) is 12.2. The Bertz CT molecular complexity index is 629. The van der Waals surface area contributed by atoms with Crippen molar-refractivity contribution < 1.29 is 4.79 Å². The predicted molar refractivity (Wildman–Crippen MR) is 80.1 cm³/mol. The van der Waals surface area contributed by atoms with Gasteiger partial charge in [0, 0.05) is 17.0 Å². The molecule has 2 aromatic carbocycles. The summed E-state index contributed by atoms with van der Waals surface area (Å²) in [5, 5.41) is 0.606. The Morgan fingerprint density at radius 1 is 0.947 bits per heavy atom. The molecular formula is C17H17ClO. The highest BCUT2D eigenvalue weighted by Gasteiger charge is 2.11. The molecular weight excluding hydrogens is 256 g/mol. The molecule has 98 valence electrons. The number of hydrogen-bond donors (Lipinski definition) is 0. The highest BCUT2D eigenvalue weighted by molar-refractivity contribution is 6.31. The number of halogens is 1. The molecule has 2 rings (SSSR count). The van der Waals surface area contributed by atoms with Crippen molar-refractivity contribution in [3.8, 4) is 0 Å². The lowest BCUT2D eigenvalue weighted by Crippen LogP contribution is -2.06. The number of hydrogen-bond acceptors (Lipinski definition) is 1. The van der Waals surface area contributed by atoms with E-state index in [9.17, 15) is 4.79 Å². The molecule has 0 atom stereocenters. The van der Waals surface area contributed by atoms with Crippen molar-refractivity contribution in [2.75, 3.05) is 0 Å². The normalized spacial score (nSPS) is 10.5. The number of rotatable bonds is 3. The summed E-state index contributed by atoms with van der Waals surface area (Å²) in [4.78, 5) is 12.3. The van der Waals surface area contributed by atoms with E-state index >= 15 is 0 Å². The Balaban J connectivity index is 2.25. The largest absolute Gasteiger partial charge is 0.294 e. The first kappa shape index (κ1) is 13.8. The summed E-state index contributed by atoms with van der Waals surface area (Å²) >= 11 is 5.96. The zero-order valence-electron chi connectivity index (χ0n) is 11.5. The van der Waals surface area contributed by atoms with Crippen LogP contribution in [0.2, 0.25) is 5.02 Å². The van der Waals surface area contributed by atoms with Gasteiger partial charge in [0.1, 0.15) is 0 Å². The summed E-state index contributed by atoms with van der Waals surface area (Å²) in [5.74, 6) is 0.114. The van der Waals surface area contributed by atoms with Crippen molar-refractivity contribution in [1.82, 2.24) is 0 Å². The van der Waals surface area contributed by atoms with E-state index < -0.39 is 0 Å². The van der Waals surface area contributed by atoms with Gasteiger partial charge in [0.25, 0.3) is 0 Å². The fourth-order valence-corrected chi connectivity index (χ4v) is 2.26. The quantitative estimate of drug-likeness (QED) is 0.741. The summed E-state index contributed by atoms with van der Waals surface area (Å²) in [6, 6.07) is 11.6. The van der Waals surface area contributed by atoms with Gasteiger partial charge in [-0.3, -0.25) is 4.79 Å². The monoisotopic (exact) mass is 272 g/mol. The van der Waals surface area contributed by atoms with Crippen LogP contribution in [0.15, 0.2) is 36.4 Å². The fraction of sp³-hybridized carbons (Fsp3) is 0.235. The van der Waals surface area contributed by atoms with E-state index in [1.54, 1.807) is 6.07 Å². The molecule has 0 N–H and O–H groups in total. The van der Waals surface area contributed by atoms with Gasteiger partial charge in [0.15, 0.2) is 5.78 Å². The molecule has 0 fully saturated rings. The highest BCUT2D eigenvalue weighted by atomic mass is 35.5. The highest BCUT2D eigenvalue weighted by Crippen LogP contribution is 2.18. The first-order valence-electron chi connectivity index (χ1n) is 6.33. The number of benzene rings is 2. The Morgan fingerprint density at radius 3 is 2.32 bits per heavy atom. The van der Waals surface area contributed by atoms with E-state index in [0.29, 0.717) is 17.0 Å². The SMILES string of the molecule is Cc1ccc(CC(=O)c2cc(Cl)ccc2C)cc1C.